The fourth-order valence-corrected chi connectivity index (χ4v) is 1.63. The lowest BCUT2D eigenvalue weighted by atomic mass is 10.5. The number of hydrogen-bond acceptors (Lipinski definition) is 7. The molecule has 0 bridgehead atoms. The highest BCUT2D eigenvalue weighted by Crippen LogP contribution is 2.15. The number of nitrogens with zero attached hydrogens (tertiary/aromatic N) is 4. The van der Waals surface area contributed by atoms with Crippen LogP contribution in [0.5, 0.6) is 0 Å². The number of anilines is 3. The summed E-state index contributed by atoms with van der Waals surface area (Å²) in [5.74, 6) is 1.68. The second-order valence-corrected chi connectivity index (χ2v) is 4.99. The highest BCUT2D eigenvalue weighted by molar-refractivity contribution is 5.42. The van der Waals surface area contributed by atoms with E-state index in [1.54, 1.807) is 5.06 Å². The maximum atomic E-state index is 5.73. The van der Waals surface area contributed by atoms with E-state index in [9.17, 15) is 0 Å². The molecule has 1 rings (SSSR count). The van der Waals surface area contributed by atoms with Gasteiger partial charge in [0.2, 0.25) is 11.9 Å². The minimum Gasteiger partial charge on any atom is -0.354 e. The van der Waals surface area contributed by atoms with Gasteiger partial charge in [0, 0.05) is 19.6 Å². The van der Waals surface area contributed by atoms with Crippen LogP contribution < -0.4 is 15.7 Å². The molecule has 0 unspecified atom stereocenters. The summed E-state index contributed by atoms with van der Waals surface area (Å²) in [6.45, 7) is 12.5. The monoisotopic (exact) mass is 296 g/mol. The Morgan fingerprint density at radius 3 is 1.86 bits per heavy atom. The lowest BCUT2D eigenvalue weighted by molar-refractivity contribution is 0.0550. The van der Waals surface area contributed by atoms with Crippen molar-refractivity contribution in [3.05, 3.63) is 0 Å². The molecule has 0 radical (unpaired) electrons. The predicted molar refractivity (Wildman–Crippen MR) is 86.6 cm³/mol. The first-order valence-corrected chi connectivity index (χ1v) is 7.78. The summed E-state index contributed by atoms with van der Waals surface area (Å²) >= 11 is 0. The molecular formula is C14H28N6O. The fraction of sp³-hybridized carbons (Fsp3) is 0.786. The molecule has 0 aliphatic rings. The van der Waals surface area contributed by atoms with Crippen LogP contribution in [0.25, 0.3) is 0 Å². The van der Waals surface area contributed by atoms with Gasteiger partial charge in [0.05, 0.1) is 6.10 Å². The molecule has 1 aromatic rings. The molecule has 0 amide bonds. The maximum Gasteiger partial charge on any atom is 0.256 e. The Hall–Kier alpha value is -1.63. The van der Waals surface area contributed by atoms with Crippen LogP contribution in [0, 0.1) is 0 Å². The van der Waals surface area contributed by atoms with Crippen molar-refractivity contribution in [3.8, 4) is 0 Å². The van der Waals surface area contributed by atoms with E-state index in [0.29, 0.717) is 24.4 Å². The first-order valence-electron chi connectivity index (χ1n) is 7.78. The smallest absolute Gasteiger partial charge is 0.256 e. The number of hydroxylamine groups is 1. The SMILES string of the molecule is CCCNc1nc(NCCC)nc(N(CC)OC(C)C)n1. The quantitative estimate of drug-likeness (QED) is 0.643. The molecule has 21 heavy (non-hydrogen) atoms. The van der Waals surface area contributed by atoms with Gasteiger partial charge in [-0.1, -0.05) is 13.8 Å². The molecule has 0 fully saturated rings. The minimum atomic E-state index is 0.0702. The maximum absolute atomic E-state index is 5.73. The van der Waals surface area contributed by atoms with Crippen LogP contribution in [0.3, 0.4) is 0 Å². The van der Waals surface area contributed by atoms with Crippen molar-refractivity contribution in [1.82, 2.24) is 15.0 Å². The number of aromatic nitrogens is 3. The number of rotatable bonds is 10. The Morgan fingerprint density at radius 1 is 0.952 bits per heavy atom. The van der Waals surface area contributed by atoms with Crippen molar-refractivity contribution < 1.29 is 4.84 Å². The molecule has 120 valence electrons. The van der Waals surface area contributed by atoms with Gasteiger partial charge in [0.25, 0.3) is 5.95 Å². The minimum absolute atomic E-state index is 0.0702. The molecule has 1 aromatic heterocycles. The van der Waals surface area contributed by atoms with Crippen molar-refractivity contribution in [2.45, 2.75) is 53.6 Å². The molecule has 0 atom stereocenters. The first kappa shape index (κ1) is 17.4. The van der Waals surface area contributed by atoms with Crippen molar-refractivity contribution in [2.24, 2.45) is 0 Å². The molecule has 0 saturated heterocycles. The van der Waals surface area contributed by atoms with Crippen LogP contribution in [0.4, 0.5) is 17.8 Å². The summed E-state index contributed by atoms with van der Waals surface area (Å²) in [5.41, 5.74) is 0. The van der Waals surface area contributed by atoms with Crippen LogP contribution in [0.15, 0.2) is 0 Å². The van der Waals surface area contributed by atoms with Crippen LogP contribution in [-0.4, -0.2) is 40.7 Å². The van der Waals surface area contributed by atoms with Crippen molar-refractivity contribution in [1.29, 1.82) is 0 Å². The van der Waals surface area contributed by atoms with Crippen LogP contribution in [0.2, 0.25) is 0 Å². The average Bonchev–Trinajstić information content (AvgIpc) is 2.48. The van der Waals surface area contributed by atoms with Gasteiger partial charge in [-0.3, -0.25) is 4.84 Å². The van der Waals surface area contributed by atoms with Gasteiger partial charge in [0.15, 0.2) is 0 Å². The molecule has 0 aliphatic carbocycles. The Balaban J connectivity index is 2.97. The van der Waals surface area contributed by atoms with E-state index in [1.165, 1.54) is 0 Å². The fourth-order valence-electron chi connectivity index (χ4n) is 1.63. The van der Waals surface area contributed by atoms with Crippen LogP contribution >= 0.6 is 0 Å². The normalized spacial score (nSPS) is 10.8. The summed E-state index contributed by atoms with van der Waals surface area (Å²) in [6.07, 6.45) is 2.10. The van der Waals surface area contributed by atoms with E-state index in [4.69, 9.17) is 4.84 Å². The van der Waals surface area contributed by atoms with Gasteiger partial charge in [-0.05, 0) is 33.6 Å². The molecule has 0 aliphatic heterocycles. The Bertz CT molecular complexity index is 386. The largest absolute Gasteiger partial charge is 0.354 e. The van der Waals surface area contributed by atoms with Crippen LogP contribution in [-0.2, 0) is 4.84 Å². The van der Waals surface area contributed by atoms with Gasteiger partial charge >= 0.3 is 0 Å². The highest BCUT2D eigenvalue weighted by Gasteiger charge is 2.14. The van der Waals surface area contributed by atoms with E-state index in [-0.39, 0.29) is 6.10 Å². The van der Waals surface area contributed by atoms with E-state index in [2.05, 4.69) is 39.4 Å². The third-order valence-electron chi connectivity index (χ3n) is 2.54. The standard InChI is InChI=1S/C14H28N6O/c1-6-9-15-12-17-13(16-10-7-2)19-14(18-12)20(8-3)21-11(4)5/h11H,6-10H2,1-5H3,(H2,15,16,17,18,19). The number of hydrogen-bond donors (Lipinski definition) is 2. The van der Waals surface area contributed by atoms with Crippen molar-refractivity contribution in [2.75, 3.05) is 35.3 Å². The number of nitrogens with one attached hydrogen (secondary N) is 2. The molecule has 0 spiro atoms. The predicted octanol–water partition coefficient (Wildman–Crippen LogP) is 2.68. The van der Waals surface area contributed by atoms with E-state index in [1.807, 2.05) is 20.8 Å². The summed E-state index contributed by atoms with van der Waals surface area (Å²) in [6, 6.07) is 0. The molecule has 1 heterocycles. The zero-order valence-electron chi connectivity index (χ0n) is 13.8. The molecular weight excluding hydrogens is 268 g/mol. The van der Waals surface area contributed by atoms with Gasteiger partial charge in [0.1, 0.15) is 0 Å². The van der Waals surface area contributed by atoms with Crippen molar-refractivity contribution >= 4 is 17.8 Å². The second-order valence-electron chi connectivity index (χ2n) is 4.99. The topological polar surface area (TPSA) is 75.2 Å². The lowest BCUT2D eigenvalue weighted by Crippen LogP contribution is -2.29. The van der Waals surface area contributed by atoms with E-state index < -0.39 is 0 Å². The zero-order valence-corrected chi connectivity index (χ0v) is 13.8. The third-order valence-corrected chi connectivity index (χ3v) is 2.54. The summed E-state index contributed by atoms with van der Waals surface area (Å²) in [7, 11) is 0. The van der Waals surface area contributed by atoms with Gasteiger partial charge < -0.3 is 10.6 Å². The third kappa shape index (κ3) is 6.12. The summed E-state index contributed by atoms with van der Waals surface area (Å²) < 4.78 is 0. The summed E-state index contributed by atoms with van der Waals surface area (Å²) in [4.78, 5) is 19.0. The molecule has 2 N–H and O–H groups in total. The van der Waals surface area contributed by atoms with E-state index >= 15 is 0 Å². The van der Waals surface area contributed by atoms with Crippen molar-refractivity contribution in [3.63, 3.8) is 0 Å². The van der Waals surface area contributed by atoms with Crippen LogP contribution in [0.1, 0.15) is 47.5 Å². The lowest BCUT2D eigenvalue weighted by Gasteiger charge is -2.23. The molecule has 0 aromatic carbocycles. The Labute approximate surface area is 127 Å². The average molecular weight is 296 g/mol. The van der Waals surface area contributed by atoms with Gasteiger partial charge in [-0.15, -0.1) is 0 Å². The van der Waals surface area contributed by atoms with Gasteiger partial charge in [-0.25, -0.2) is 5.06 Å². The van der Waals surface area contributed by atoms with Gasteiger partial charge in [-0.2, -0.15) is 15.0 Å². The zero-order chi connectivity index (χ0) is 15.7. The highest BCUT2D eigenvalue weighted by atomic mass is 16.7. The molecule has 7 heteroatoms. The Kier molecular flexibility index (Phi) is 7.74. The molecule has 0 saturated carbocycles. The van der Waals surface area contributed by atoms with E-state index in [0.717, 1.165) is 25.9 Å². The first-order chi connectivity index (χ1) is 10.1. The second kappa shape index (κ2) is 9.33. The Morgan fingerprint density at radius 2 is 1.48 bits per heavy atom. The summed E-state index contributed by atoms with van der Waals surface area (Å²) in [5, 5.41) is 8.09. The molecule has 7 nitrogen and oxygen atoms in total.